The maximum Gasteiger partial charge on any atom is 0.0991 e. The topological polar surface area (TPSA) is 24.1 Å². The van der Waals surface area contributed by atoms with Gasteiger partial charge in [0.1, 0.15) is 0 Å². The normalized spacial score (nSPS) is 23.5. The van der Waals surface area contributed by atoms with Crippen LogP contribution in [-0.2, 0) is 0 Å². The van der Waals surface area contributed by atoms with E-state index in [1.165, 1.54) is 37.9 Å². The first-order valence-electron chi connectivity index (χ1n) is 5.32. The molecule has 13 heavy (non-hydrogen) atoms. The molecule has 1 aliphatic carbocycles. The molecule has 0 bridgehead atoms. The lowest BCUT2D eigenvalue weighted by atomic mass is 9.95. The molecule has 1 heterocycles. The van der Waals surface area contributed by atoms with Crippen molar-refractivity contribution in [1.82, 2.24) is 10.6 Å². The highest BCUT2D eigenvalue weighted by atomic mass is 15.1. The van der Waals surface area contributed by atoms with Crippen LogP contribution in [0.15, 0.2) is 24.0 Å². The molecule has 0 spiro atoms. The maximum atomic E-state index is 3.56. The van der Waals surface area contributed by atoms with Gasteiger partial charge in [-0.15, -0.1) is 0 Å². The predicted molar refractivity (Wildman–Crippen MR) is 55.2 cm³/mol. The van der Waals surface area contributed by atoms with Crippen molar-refractivity contribution in [2.24, 2.45) is 0 Å². The summed E-state index contributed by atoms with van der Waals surface area (Å²) in [5, 5.41) is 6.89. The summed E-state index contributed by atoms with van der Waals surface area (Å²) in [4.78, 5) is 0. The van der Waals surface area contributed by atoms with Gasteiger partial charge in [0.05, 0.1) is 5.82 Å². The molecular weight excluding hydrogens is 160 g/mol. The quantitative estimate of drug-likeness (QED) is 0.675. The lowest BCUT2D eigenvalue weighted by Crippen LogP contribution is -2.36. The zero-order valence-electron chi connectivity index (χ0n) is 8.05. The SMILES string of the molecule is C1=CCNC(NC2CCCCC2)=C1. The molecule has 2 nitrogen and oxygen atoms in total. The summed E-state index contributed by atoms with van der Waals surface area (Å²) >= 11 is 0. The van der Waals surface area contributed by atoms with Crippen LogP contribution in [0, 0.1) is 0 Å². The van der Waals surface area contributed by atoms with E-state index in [0.29, 0.717) is 6.04 Å². The van der Waals surface area contributed by atoms with Crippen LogP contribution < -0.4 is 10.6 Å². The van der Waals surface area contributed by atoms with Gasteiger partial charge in [-0.25, -0.2) is 0 Å². The fourth-order valence-electron chi connectivity index (χ4n) is 2.03. The predicted octanol–water partition coefficient (Wildman–Crippen LogP) is 1.91. The zero-order chi connectivity index (χ0) is 8.93. The first kappa shape index (κ1) is 8.67. The third-order valence-corrected chi connectivity index (χ3v) is 2.77. The van der Waals surface area contributed by atoms with Gasteiger partial charge in [-0.3, -0.25) is 0 Å². The molecule has 1 aliphatic heterocycles. The second-order valence-electron chi connectivity index (χ2n) is 3.87. The van der Waals surface area contributed by atoms with E-state index in [9.17, 15) is 0 Å². The Balaban J connectivity index is 1.82. The molecule has 2 rings (SSSR count). The molecule has 0 amide bonds. The molecule has 2 aliphatic rings. The number of allylic oxidation sites excluding steroid dienone is 2. The van der Waals surface area contributed by atoms with E-state index < -0.39 is 0 Å². The van der Waals surface area contributed by atoms with Gasteiger partial charge in [0.25, 0.3) is 0 Å². The third-order valence-electron chi connectivity index (χ3n) is 2.77. The molecule has 0 saturated heterocycles. The van der Waals surface area contributed by atoms with Crippen molar-refractivity contribution in [3.63, 3.8) is 0 Å². The third kappa shape index (κ3) is 2.51. The van der Waals surface area contributed by atoms with E-state index in [1.54, 1.807) is 0 Å². The minimum atomic E-state index is 0.707. The molecule has 1 fully saturated rings. The summed E-state index contributed by atoms with van der Waals surface area (Å²) in [6.45, 7) is 0.964. The van der Waals surface area contributed by atoms with E-state index in [2.05, 4.69) is 28.9 Å². The van der Waals surface area contributed by atoms with Crippen LogP contribution in [0.5, 0.6) is 0 Å². The second kappa shape index (κ2) is 4.35. The second-order valence-corrected chi connectivity index (χ2v) is 3.87. The fraction of sp³-hybridized carbons (Fsp3) is 0.636. The molecule has 0 aromatic rings. The van der Waals surface area contributed by atoms with E-state index in [1.807, 2.05) is 0 Å². The fourth-order valence-corrected chi connectivity index (χ4v) is 2.03. The van der Waals surface area contributed by atoms with Crippen LogP contribution in [-0.4, -0.2) is 12.6 Å². The minimum absolute atomic E-state index is 0.707. The van der Waals surface area contributed by atoms with Crippen molar-refractivity contribution in [3.05, 3.63) is 24.0 Å². The highest BCUT2D eigenvalue weighted by molar-refractivity contribution is 5.15. The number of hydrogen-bond acceptors (Lipinski definition) is 2. The van der Waals surface area contributed by atoms with E-state index in [4.69, 9.17) is 0 Å². The number of rotatable bonds is 2. The van der Waals surface area contributed by atoms with Gasteiger partial charge in [-0.05, 0) is 18.9 Å². The van der Waals surface area contributed by atoms with Gasteiger partial charge < -0.3 is 10.6 Å². The van der Waals surface area contributed by atoms with Crippen LogP contribution in [0.1, 0.15) is 32.1 Å². The number of hydrogen-bond donors (Lipinski definition) is 2. The summed E-state index contributed by atoms with van der Waals surface area (Å²) in [5.74, 6) is 1.20. The molecule has 0 aromatic heterocycles. The Morgan fingerprint density at radius 1 is 1.23 bits per heavy atom. The Morgan fingerprint density at radius 2 is 2.08 bits per heavy atom. The summed E-state index contributed by atoms with van der Waals surface area (Å²) in [6.07, 6.45) is 13.2. The van der Waals surface area contributed by atoms with Gasteiger partial charge in [0.2, 0.25) is 0 Å². The molecule has 2 N–H and O–H groups in total. The van der Waals surface area contributed by atoms with Crippen LogP contribution in [0.3, 0.4) is 0 Å². The van der Waals surface area contributed by atoms with E-state index >= 15 is 0 Å². The molecular formula is C11H18N2. The van der Waals surface area contributed by atoms with Gasteiger partial charge in [-0.2, -0.15) is 0 Å². The Labute approximate surface area is 80.1 Å². The first-order valence-corrected chi connectivity index (χ1v) is 5.32. The van der Waals surface area contributed by atoms with Gasteiger partial charge in [-0.1, -0.05) is 31.4 Å². The number of nitrogens with one attached hydrogen (secondary N) is 2. The van der Waals surface area contributed by atoms with Crippen LogP contribution in [0.25, 0.3) is 0 Å². The zero-order valence-corrected chi connectivity index (χ0v) is 8.05. The summed E-state index contributed by atoms with van der Waals surface area (Å²) in [5.41, 5.74) is 0. The highest BCUT2D eigenvalue weighted by Crippen LogP contribution is 2.18. The maximum absolute atomic E-state index is 3.56. The van der Waals surface area contributed by atoms with Crippen molar-refractivity contribution in [2.75, 3.05) is 6.54 Å². The summed E-state index contributed by atoms with van der Waals surface area (Å²) in [6, 6.07) is 0.707. The minimum Gasteiger partial charge on any atom is -0.369 e. The molecule has 0 atom stereocenters. The molecule has 0 radical (unpaired) electrons. The van der Waals surface area contributed by atoms with Crippen molar-refractivity contribution in [3.8, 4) is 0 Å². The van der Waals surface area contributed by atoms with E-state index in [0.717, 1.165) is 6.54 Å². The van der Waals surface area contributed by atoms with E-state index in [-0.39, 0.29) is 0 Å². The van der Waals surface area contributed by atoms with Crippen LogP contribution >= 0.6 is 0 Å². The highest BCUT2D eigenvalue weighted by Gasteiger charge is 2.13. The monoisotopic (exact) mass is 178 g/mol. The van der Waals surface area contributed by atoms with Crippen molar-refractivity contribution in [1.29, 1.82) is 0 Å². The van der Waals surface area contributed by atoms with Gasteiger partial charge in [0.15, 0.2) is 0 Å². The van der Waals surface area contributed by atoms with Gasteiger partial charge >= 0.3 is 0 Å². The van der Waals surface area contributed by atoms with Crippen molar-refractivity contribution >= 4 is 0 Å². The summed E-state index contributed by atoms with van der Waals surface area (Å²) in [7, 11) is 0. The largest absolute Gasteiger partial charge is 0.369 e. The lowest BCUT2D eigenvalue weighted by molar-refractivity contribution is 0.389. The Morgan fingerprint density at radius 3 is 2.77 bits per heavy atom. The molecule has 1 saturated carbocycles. The van der Waals surface area contributed by atoms with Crippen LogP contribution in [0.4, 0.5) is 0 Å². The van der Waals surface area contributed by atoms with Crippen LogP contribution in [0.2, 0.25) is 0 Å². The standard InChI is InChI=1S/C11H18N2/c1-2-6-10(7-3-1)13-11-8-4-5-9-12-11/h4-5,8,10,12-13H,1-3,6-7,9H2. The summed E-state index contributed by atoms with van der Waals surface area (Å²) < 4.78 is 0. The Kier molecular flexibility index (Phi) is 2.90. The first-order chi connectivity index (χ1) is 6.45. The van der Waals surface area contributed by atoms with Crippen molar-refractivity contribution in [2.45, 2.75) is 38.1 Å². The van der Waals surface area contributed by atoms with Crippen molar-refractivity contribution < 1.29 is 0 Å². The lowest BCUT2D eigenvalue weighted by Gasteiger charge is -2.26. The molecule has 72 valence electrons. The Bertz CT molecular complexity index is 212. The average Bonchev–Trinajstić information content (AvgIpc) is 2.21. The molecule has 0 aromatic carbocycles. The molecule has 2 heteroatoms. The smallest absolute Gasteiger partial charge is 0.0991 e. The average molecular weight is 178 g/mol. The number of dihydropyridines is 1. The van der Waals surface area contributed by atoms with Gasteiger partial charge in [0, 0.05) is 12.6 Å². The molecule has 0 unspecified atom stereocenters. The Hall–Kier alpha value is -0.920.